The standard InChI is InChI=1S/C23H25FN2O4/c1-25(14-19-15-29-20-6-2-3-7-21(20)30-19)22(27)17-5-4-12-26(13-17)23(28)16-8-10-18(24)11-9-16/h2-3,6-11,17,19H,4-5,12-15H2,1H3/t17-,19-/m0/s1. The Hall–Kier alpha value is -3.09. The van der Waals surface area contributed by atoms with Gasteiger partial charge in [0.2, 0.25) is 5.91 Å². The summed E-state index contributed by atoms with van der Waals surface area (Å²) < 4.78 is 24.8. The number of likely N-dealkylation sites (tertiary alicyclic amines) is 1. The molecule has 0 saturated carbocycles. The van der Waals surface area contributed by atoms with Gasteiger partial charge in [0.15, 0.2) is 17.6 Å². The molecule has 2 aromatic rings. The number of likely N-dealkylation sites (N-methyl/N-ethyl adjacent to an activating group) is 1. The van der Waals surface area contributed by atoms with Crippen LogP contribution in [-0.2, 0) is 4.79 Å². The molecule has 0 unspecified atom stereocenters. The molecule has 1 fully saturated rings. The van der Waals surface area contributed by atoms with E-state index in [0.717, 1.165) is 12.8 Å². The average Bonchev–Trinajstić information content (AvgIpc) is 2.78. The van der Waals surface area contributed by atoms with E-state index in [-0.39, 0.29) is 29.7 Å². The van der Waals surface area contributed by atoms with Crippen LogP contribution in [0.1, 0.15) is 23.2 Å². The number of carbonyl (C=O) groups excluding carboxylic acids is 2. The molecule has 0 bridgehead atoms. The molecule has 2 aromatic carbocycles. The topological polar surface area (TPSA) is 59.1 Å². The molecule has 1 saturated heterocycles. The van der Waals surface area contributed by atoms with Gasteiger partial charge >= 0.3 is 0 Å². The quantitative estimate of drug-likeness (QED) is 0.775. The van der Waals surface area contributed by atoms with Crippen LogP contribution < -0.4 is 9.47 Å². The minimum atomic E-state index is -0.378. The maximum Gasteiger partial charge on any atom is 0.253 e. The highest BCUT2D eigenvalue weighted by Gasteiger charge is 2.32. The highest BCUT2D eigenvalue weighted by atomic mass is 19.1. The molecule has 0 radical (unpaired) electrons. The Morgan fingerprint density at radius 3 is 2.63 bits per heavy atom. The normalized spacial score (nSPS) is 20.5. The number of piperidine rings is 1. The van der Waals surface area contributed by atoms with E-state index in [1.165, 1.54) is 24.3 Å². The van der Waals surface area contributed by atoms with Crippen LogP contribution in [0, 0.1) is 11.7 Å². The second-order valence-electron chi connectivity index (χ2n) is 7.81. The van der Waals surface area contributed by atoms with Crippen molar-refractivity contribution in [1.82, 2.24) is 9.80 Å². The van der Waals surface area contributed by atoms with Crippen LogP contribution in [0.15, 0.2) is 48.5 Å². The number of para-hydroxylation sites is 2. The number of rotatable bonds is 4. The van der Waals surface area contributed by atoms with Gasteiger partial charge in [0.05, 0.1) is 12.5 Å². The summed E-state index contributed by atoms with van der Waals surface area (Å²) in [5, 5.41) is 0. The molecular formula is C23H25FN2O4. The fourth-order valence-electron chi connectivity index (χ4n) is 4.00. The Balaban J connectivity index is 1.34. The molecule has 30 heavy (non-hydrogen) atoms. The Bertz CT molecular complexity index is 918. The number of hydrogen-bond acceptors (Lipinski definition) is 4. The molecule has 0 aromatic heterocycles. The van der Waals surface area contributed by atoms with Crippen molar-refractivity contribution >= 4 is 11.8 Å². The Kier molecular flexibility index (Phi) is 5.88. The van der Waals surface area contributed by atoms with Crippen LogP contribution in [-0.4, -0.2) is 61.0 Å². The number of carbonyl (C=O) groups is 2. The summed E-state index contributed by atoms with van der Waals surface area (Å²) in [5.41, 5.74) is 0.435. The van der Waals surface area contributed by atoms with Gasteiger partial charge in [0.25, 0.3) is 5.91 Å². The molecule has 2 heterocycles. The fourth-order valence-corrected chi connectivity index (χ4v) is 4.00. The van der Waals surface area contributed by atoms with Crippen LogP contribution in [0.5, 0.6) is 11.5 Å². The summed E-state index contributed by atoms with van der Waals surface area (Å²) in [6, 6.07) is 13.0. The van der Waals surface area contributed by atoms with Crippen molar-refractivity contribution in [3.63, 3.8) is 0 Å². The monoisotopic (exact) mass is 412 g/mol. The van der Waals surface area contributed by atoms with Crippen LogP contribution in [0.3, 0.4) is 0 Å². The maximum absolute atomic E-state index is 13.1. The predicted octanol–water partition coefficient (Wildman–Crippen LogP) is 2.98. The minimum absolute atomic E-state index is 0.00550. The van der Waals surface area contributed by atoms with Gasteiger partial charge in [0, 0.05) is 25.7 Å². The van der Waals surface area contributed by atoms with Gasteiger partial charge in [0.1, 0.15) is 12.4 Å². The van der Waals surface area contributed by atoms with E-state index in [2.05, 4.69) is 0 Å². The lowest BCUT2D eigenvalue weighted by Crippen LogP contribution is -2.48. The van der Waals surface area contributed by atoms with Gasteiger partial charge in [-0.3, -0.25) is 9.59 Å². The minimum Gasteiger partial charge on any atom is -0.486 e. The first kappa shape index (κ1) is 20.2. The summed E-state index contributed by atoms with van der Waals surface area (Å²) in [6.07, 6.45) is 1.25. The maximum atomic E-state index is 13.1. The van der Waals surface area contributed by atoms with Gasteiger partial charge in [-0.2, -0.15) is 0 Å². The lowest BCUT2D eigenvalue weighted by Gasteiger charge is -2.35. The molecule has 2 atom stereocenters. The first-order chi connectivity index (χ1) is 14.5. The average molecular weight is 412 g/mol. The zero-order valence-electron chi connectivity index (χ0n) is 16.9. The van der Waals surface area contributed by atoms with E-state index in [4.69, 9.17) is 9.47 Å². The lowest BCUT2D eigenvalue weighted by atomic mass is 9.96. The van der Waals surface area contributed by atoms with Crippen molar-refractivity contribution < 1.29 is 23.5 Å². The van der Waals surface area contributed by atoms with Crippen LogP contribution in [0.25, 0.3) is 0 Å². The summed E-state index contributed by atoms with van der Waals surface area (Å²) >= 11 is 0. The largest absolute Gasteiger partial charge is 0.486 e. The zero-order valence-corrected chi connectivity index (χ0v) is 16.9. The van der Waals surface area contributed by atoms with Gasteiger partial charge in [-0.1, -0.05) is 12.1 Å². The summed E-state index contributed by atoms with van der Waals surface area (Å²) in [4.78, 5) is 29.1. The zero-order chi connectivity index (χ0) is 21.1. The third-order valence-corrected chi connectivity index (χ3v) is 5.57. The summed E-state index contributed by atoms with van der Waals surface area (Å²) in [6.45, 7) is 1.76. The van der Waals surface area contributed by atoms with Crippen molar-refractivity contribution in [2.24, 2.45) is 5.92 Å². The number of ether oxygens (including phenoxy) is 2. The molecule has 7 heteroatoms. The Morgan fingerprint density at radius 1 is 1.13 bits per heavy atom. The Morgan fingerprint density at radius 2 is 1.87 bits per heavy atom. The molecule has 6 nitrogen and oxygen atoms in total. The lowest BCUT2D eigenvalue weighted by molar-refractivity contribution is -0.137. The third kappa shape index (κ3) is 4.40. The van der Waals surface area contributed by atoms with Gasteiger partial charge in [-0.05, 0) is 49.2 Å². The number of amides is 2. The number of hydrogen-bond donors (Lipinski definition) is 0. The van der Waals surface area contributed by atoms with Crippen molar-refractivity contribution in [3.8, 4) is 11.5 Å². The summed E-state index contributed by atoms with van der Waals surface area (Å²) in [5.74, 6) is 0.583. The molecule has 0 N–H and O–H groups in total. The van der Waals surface area contributed by atoms with Crippen molar-refractivity contribution in [2.75, 3.05) is 33.3 Å². The van der Waals surface area contributed by atoms with Crippen molar-refractivity contribution in [3.05, 3.63) is 59.9 Å². The number of nitrogens with zero attached hydrogens (tertiary/aromatic N) is 2. The van der Waals surface area contributed by atoms with Crippen LogP contribution in [0.2, 0.25) is 0 Å². The van der Waals surface area contributed by atoms with E-state index >= 15 is 0 Å². The van der Waals surface area contributed by atoms with Crippen molar-refractivity contribution in [1.29, 1.82) is 0 Å². The smallest absolute Gasteiger partial charge is 0.253 e. The van der Waals surface area contributed by atoms with E-state index in [1.54, 1.807) is 16.8 Å². The number of benzene rings is 2. The highest BCUT2D eigenvalue weighted by molar-refractivity contribution is 5.94. The Labute approximate surface area is 175 Å². The third-order valence-electron chi connectivity index (χ3n) is 5.57. The first-order valence-electron chi connectivity index (χ1n) is 10.2. The molecule has 2 aliphatic rings. The second kappa shape index (κ2) is 8.73. The van der Waals surface area contributed by atoms with Gasteiger partial charge in [-0.25, -0.2) is 4.39 Å². The van der Waals surface area contributed by atoms with Crippen LogP contribution in [0.4, 0.5) is 4.39 Å². The molecular weight excluding hydrogens is 387 g/mol. The van der Waals surface area contributed by atoms with E-state index in [0.29, 0.717) is 43.3 Å². The van der Waals surface area contributed by atoms with E-state index < -0.39 is 0 Å². The van der Waals surface area contributed by atoms with Crippen molar-refractivity contribution in [2.45, 2.75) is 18.9 Å². The summed E-state index contributed by atoms with van der Waals surface area (Å²) in [7, 11) is 1.76. The van der Waals surface area contributed by atoms with Gasteiger partial charge in [-0.15, -0.1) is 0 Å². The first-order valence-corrected chi connectivity index (χ1v) is 10.2. The molecule has 2 aliphatic heterocycles. The predicted molar refractivity (Wildman–Crippen MR) is 109 cm³/mol. The molecule has 0 spiro atoms. The SMILES string of the molecule is CN(C[C@H]1COc2ccccc2O1)C(=O)[C@H]1CCCN(C(=O)c2ccc(F)cc2)C1. The molecule has 158 valence electrons. The number of fused-ring (bicyclic) bond motifs is 1. The van der Waals surface area contributed by atoms with E-state index in [9.17, 15) is 14.0 Å². The fraction of sp³-hybridized carbons (Fsp3) is 0.391. The molecule has 2 amide bonds. The molecule has 4 rings (SSSR count). The number of halogens is 1. The highest BCUT2D eigenvalue weighted by Crippen LogP contribution is 2.31. The van der Waals surface area contributed by atoms with Gasteiger partial charge < -0.3 is 19.3 Å². The molecule has 0 aliphatic carbocycles. The second-order valence-corrected chi connectivity index (χ2v) is 7.81. The van der Waals surface area contributed by atoms with E-state index in [1.807, 2.05) is 24.3 Å². The van der Waals surface area contributed by atoms with Crippen LogP contribution >= 0.6 is 0 Å².